The van der Waals surface area contributed by atoms with Gasteiger partial charge in [0.2, 0.25) is 0 Å². The second-order valence-electron chi connectivity index (χ2n) is 5.49. The van der Waals surface area contributed by atoms with Gasteiger partial charge in [-0.1, -0.05) is 60.7 Å². The molecule has 3 aromatic rings. The second kappa shape index (κ2) is 7.25. The van der Waals surface area contributed by atoms with Crippen LogP contribution in [0.3, 0.4) is 0 Å². The number of carbonyl (C=O) groups is 2. The predicted octanol–water partition coefficient (Wildman–Crippen LogP) is 3.89. The molecule has 1 aliphatic carbocycles. The van der Waals surface area contributed by atoms with E-state index in [-0.39, 0.29) is 39.4 Å². The van der Waals surface area contributed by atoms with Gasteiger partial charge in [0, 0.05) is 16.7 Å². The number of nitrogens with zero attached hydrogens (tertiary/aromatic N) is 2. The first-order valence-electron chi connectivity index (χ1n) is 7.84. The SMILES string of the molecule is N#Cc1ccc2c(c1C#N)C(=O)c1ccccc1C2=O.c1ccccc1. The summed E-state index contributed by atoms with van der Waals surface area (Å²) in [5.41, 5.74) is 0.902. The number of carbonyl (C=O) groups excluding carboxylic acids is 2. The maximum absolute atomic E-state index is 12.5. The zero-order chi connectivity index (χ0) is 18.5. The number of hydrogen-bond donors (Lipinski definition) is 0. The minimum absolute atomic E-state index is 0.0298. The number of rotatable bonds is 0. The summed E-state index contributed by atoms with van der Waals surface area (Å²) >= 11 is 0. The summed E-state index contributed by atoms with van der Waals surface area (Å²) < 4.78 is 0. The molecule has 4 nitrogen and oxygen atoms in total. The molecule has 0 saturated carbocycles. The van der Waals surface area contributed by atoms with E-state index in [0.717, 1.165) is 0 Å². The van der Waals surface area contributed by atoms with Crippen molar-refractivity contribution in [2.45, 2.75) is 0 Å². The van der Waals surface area contributed by atoms with Gasteiger partial charge in [0.25, 0.3) is 0 Å². The molecule has 0 atom stereocenters. The molecule has 0 aliphatic heterocycles. The molecular weight excluding hydrogens is 324 g/mol. The van der Waals surface area contributed by atoms with Crippen molar-refractivity contribution in [3.05, 3.63) is 106 Å². The summed E-state index contributed by atoms with van der Waals surface area (Å²) in [6.45, 7) is 0. The van der Waals surface area contributed by atoms with Crippen LogP contribution in [0, 0.1) is 22.7 Å². The van der Waals surface area contributed by atoms with E-state index in [1.54, 1.807) is 24.3 Å². The molecule has 1 aliphatic rings. The summed E-state index contributed by atoms with van der Waals surface area (Å²) in [5, 5.41) is 18.2. The van der Waals surface area contributed by atoms with Crippen LogP contribution in [0.1, 0.15) is 43.0 Å². The van der Waals surface area contributed by atoms with E-state index in [1.165, 1.54) is 12.1 Å². The van der Waals surface area contributed by atoms with Crippen LogP contribution in [-0.4, -0.2) is 11.6 Å². The van der Waals surface area contributed by atoms with Crippen molar-refractivity contribution in [3.8, 4) is 12.1 Å². The highest BCUT2D eigenvalue weighted by molar-refractivity contribution is 6.29. The second-order valence-corrected chi connectivity index (χ2v) is 5.49. The molecule has 0 heterocycles. The minimum atomic E-state index is -0.385. The van der Waals surface area contributed by atoms with Crippen LogP contribution in [0.2, 0.25) is 0 Å². The number of benzene rings is 3. The molecular formula is C22H12N2O2. The molecule has 4 heteroatoms. The summed E-state index contributed by atoms with van der Waals surface area (Å²) in [7, 11) is 0. The zero-order valence-electron chi connectivity index (χ0n) is 13.6. The molecule has 26 heavy (non-hydrogen) atoms. The average Bonchev–Trinajstić information content (AvgIpc) is 2.72. The summed E-state index contributed by atoms with van der Waals surface area (Å²) in [6, 6.07) is 25.1. The van der Waals surface area contributed by atoms with E-state index in [0.29, 0.717) is 5.56 Å². The van der Waals surface area contributed by atoms with Crippen LogP contribution < -0.4 is 0 Å². The van der Waals surface area contributed by atoms with Gasteiger partial charge < -0.3 is 0 Å². The lowest BCUT2D eigenvalue weighted by Crippen LogP contribution is -2.22. The first-order valence-corrected chi connectivity index (χ1v) is 7.84. The number of ketones is 2. The highest BCUT2D eigenvalue weighted by Crippen LogP contribution is 2.30. The molecule has 0 radical (unpaired) electrons. The smallest absolute Gasteiger partial charge is 0.195 e. The molecule has 0 fully saturated rings. The fraction of sp³-hybridized carbons (Fsp3) is 0. The number of fused-ring (bicyclic) bond motifs is 2. The van der Waals surface area contributed by atoms with Crippen molar-refractivity contribution in [3.63, 3.8) is 0 Å². The third kappa shape index (κ3) is 2.88. The summed E-state index contributed by atoms with van der Waals surface area (Å²) in [6.07, 6.45) is 0. The van der Waals surface area contributed by atoms with Crippen LogP contribution in [0.25, 0.3) is 0 Å². The molecule has 0 aromatic heterocycles. The lowest BCUT2D eigenvalue weighted by molar-refractivity contribution is 0.0979. The van der Waals surface area contributed by atoms with Gasteiger partial charge in [0.05, 0.1) is 16.7 Å². The van der Waals surface area contributed by atoms with Crippen molar-refractivity contribution in [2.24, 2.45) is 0 Å². The Labute approximate surface area is 150 Å². The maximum Gasteiger partial charge on any atom is 0.195 e. The van der Waals surface area contributed by atoms with E-state index < -0.39 is 0 Å². The Balaban J connectivity index is 0.000000278. The molecule has 0 spiro atoms. The number of hydrogen-bond acceptors (Lipinski definition) is 4. The first-order chi connectivity index (χ1) is 12.7. The van der Waals surface area contributed by atoms with Crippen LogP contribution in [0.15, 0.2) is 72.8 Å². The quantitative estimate of drug-likeness (QED) is 0.488. The van der Waals surface area contributed by atoms with E-state index in [9.17, 15) is 14.9 Å². The standard InChI is InChI=1S/C16H6N2O2.C6H6/c17-7-9-5-6-12-14(13(9)8-18)16(20)11-4-2-1-3-10(11)15(12)19;1-2-4-6-5-3-1/h1-6H;1-6H. The minimum Gasteiger partial charge on any atom is -0.289 e. The van der Waals surface area contributed by atoms with Crippen LogP contribution in [0.5, 0.6) is 0 Å². The third-order valence-corrected chi connectivity index (χ3v) is 3.99. The fourth-order valence-electron chi connectivity index (χ4n) is 2.78. The Morgan fingerprint density at radius 1 is 0.577 bits per heavy atom. The van der Waals surface area contributed by atoms with E-state index in [4.69, 9.17) is 5.26 Å². The van der Waals surface area contributed by atoms with Crippen molar-refractivity contribution < 1.29 is 9.59 Å². The van der Waals surface area contributed by atoms with Gasteiger partial charge >= 0.3 is 0 Å². The fourth-order valence-corrected chi connectivity index (χ4v) is 2.78. The Kier molecular flexibility index (Phi) is 4.69. The predicted molar refractivity (Wildman–Crippen MR) is 95.6 cm³/mol. The topological polar surface area (TPSA) is 81.7 Å². The van der Waals surface area contributed by atoms with Gasteiger partial charge in [0.15, 0.2) is 11.6 Å². The van der Waals surface area contributed by atoms with Gasteiger partial charge in [-0.25, -0.2) is 0 Å². The van der Waals surface area contributed by atoms with Crippen molar-refractivity contribution in [2.75, 3.05) is 0 Å². The molecule has 0 unspecified atom stereocenters. The number of nitriles is 2. The molecule has 0 saturated heterocycles. The molecule has 0 N–H and O–H groups in total. The summed E-state index contributed by atoms with van der Waals surface area (Å²) in [4.78, 5) is 24.9. The molecule has 0 amide bonds. The lowest BCUT2D eigenvalue weighted by atomic mass is 9.81. The van der Waals surface area contributed by atoms with E-state index in [1.807, 2.05) is 48.5 Å². The van der Waals surface area contributed by atoms with Gasteiger partial charge in [-0.05, 0) is 12.1 Å². The van der Waals surface area contributed by atoms with Gasteiger partial charge in [-0.15, -0.1) is 0 Å². The van der Waals surface area contributed by atoms with Gasteiger partial charge in [-0.2, -0.15) is 10.5 Å². The highest BCUT2D eigenvalue weighted by atomic mass is 16.1. The van der Waals surface area contributed by atoms with E-state index >= 15 is 0 Å². The highest BCUT2D eigenvalue weighted by Gasteiger charge is 2.32. The Hall–Kier alpha value is -4.02. The normalized spacial score (nSPS) is 11.2. The summed E-state index contributed by atoms with van der Waals surface area (Å²) in [5.74, 6) is -0.681. The Morgan fingerprint density at radius 3 is 1.62 bits per heavy atom. The van der Waals surface area contributed by atoms with Crippen molar-refractivity contribution >= 4 is 11.6 Å². The maximum atomic E-state index is 12.5. The average molecular weight is 336 g/mol. The Morgan fingerprint density at radius 2 is 1.12 bits per heavy atom. The molecule has 122 valence electrons. The van der Waals surface area contributed by atoms with Crippen molar-refractivity contribution in [1.29, 1.82) is 10.5 Å². The van der Waals surface area contributed by atoms with Crippen molar-refractivity contribution in [1.82, 2.24) is 0 Å². The monoisotopic (exact) mass is 336 g/mol. The van der Waals surface area contributed by atoms with Crippen LogP contribution in [0.4, 0.5) is 0 Å². The van der Waals surface area contributed by atoms with Crippen LogP contribution >= 0.6 is 0 Å². The largest absolute Gasteiger partial charge is 0.289 e. The third-order valence-electron chi connectivity index (χ3n) is 3.99. The van der Waals surface area contributed by atoms with Crippen LogP contribution in [-0.2, 0) is 0 Å². The lowest BCUT2D eigenvalue weighted by Gasteiger charge is -2.18. The van der Waals surface area contributed by atoms with Gasteiger partial charge in [-0.3, -0.25) is 9.59 Å². The first kappa shape index (κ1) is 16.8. The van der Waals surface area contributed by atoms with Gasteiger partial charge in [0.1, 0.15) is 12.1 Å². The Bertz CT molecular complexity index is 1060. The molecule has 4 rings (SSSR count). The van der Waals surface area contributed by atoms with E-state index in [2.05, 4.69) is 0 Å². The molecule has 3 aromatic carbocycles. The zero-order valence-corrected chi connectivity index (χ0v) is 13.6. The molecule has 0 bridgehead atoms.